The first-order valence-electron chi connectivity index (χ1n) is 5.68. The molecule has 2 aromatic carbocycles. The van der Waals surface area contributed by atoms with E-state index in [1.54, 1.807) is 13.0 Å². The van der Waals surface area contributed by atoms with Gasteiger partial charge in [-0.25, -0.2) is 0 Å². The number of hydrogen-bond acceptors (Lipinski definition) is 1. The van der Waals surface area contributed by atoms with Crippen LogP contribution in [0.4, 0.5) is 0 Å². The molecule has 0 aliphatic heterocycles. The summed E-state index contributed by atoms with van der Waals surface area (Å²) in [7, 11) is 0. The van der Waals surface area contributed by atoms with Crippen molar-refractivity contribution >= 4 is 29.0 Å². The zero-order valence-corrected chi connectivity index (χ0v) is 11.3. The monoisotopic (exact) mass is 276 g/mol. The Morgan fingerprint density at radius 2 is 1.78 bits per heavy atom. The van der Waals surface area contributed by atoms with Crippen molar-refractivity contribution in [2.75, 3.05) is 0 Å². The van der Waals surface area contributed by atoms with E-state index in [-0.39, 0.29) is 5.78 Å². The highest BCUT2D eigenvalue weighted by Gasteiger charge is 2.23. The summed E-state index contributed by atoms with van der Waals surface area (Å²) in [6, 6.07) is 9.45. The Kier molecular flexibility index (Phi) is 2.69. The molecule has 1 aliphatic carbocycles. The molecule has 0 saturated heterocycles. The molecule has 0 atom stereocenters. The highest BCUT2D eigenvalue weighted by Crippen LogP contribution is 2.41. The van der Waals surface area contributed by atoms with Crippen molar-refractivity contribution in [2.24, 2.45) is 0 Å². The Bertz CT molecular complexity index is 674. The van der Waals surface area contributed by atoms with Crippen LogP contribution in [-0.4, -0.2) is 5.78 Å². The molecule has 3 rings (SSSR count). The second kappa shape index (κ2) is 4.11. The summed E-state index contributed by atoms with van der Waals surface area (Å²) in [5, 5.41) is 1.33. The van der Waals surface area contributed by atoms with Crippen LogP contribution < -0.4 is 0 Å². The van der Waals surface area contributed by atoms with Crippen LogP contribution in [0.5, 0.6) is 0 Å². The standard InChI is InChI=1S/C15H10Cl2O/c1-8(18)14-7-12(17)6-10-4-9-5-11(16)2-3-13(9)15(10)14/h2-3,5-7H,4H2,1H3. The Hall–Kier alpha value is -1.31. The molecule has 0 heterocycles. The lowest BCUT2D eigenvalue weighted by atomic mass is 9.97. The summed E-state index contributed by atoms with van der Waals surface area (Å²) in [5.41, 5.74) is 5.06. The Balaban J connectivity index is 2.32. The third-order valence-electron chi connectivity index (χ3n) is 3.28. The molecule has 0 unspecified atom stereocenters. The first-order chi connectivity index (χ1) is 8.56. The Labute approximate surface area is 115 Å². The van der Waals surface area contributed by atoms with Crippen molar-refractivity contribution in [2.45, 2.75) is 13.3 Å². The highest BCUT2D eigenvalue weighted by atomic mass is 35.5. The van der Waals surface area contributed by atoms with E-state index in [0.29, 0.717) is 10.6 Å². The van der Waals surface area contributed by atoms with E-state index in [1.807, 2.05) is 24.3 Å². The number of halogens is 2. The number of hydrogen-bond donors (Lipinski definition) is 0. The second-order valence-electron chi connectivity index (χ2n) is 4.52. The number of benzene rings is 2. The molecule has 0 aromatic heterocycles. The summed E-state index contributed by atoms with van der Waals surface area (Å²) in [5.74, 6) is 0.0385. The predicted octanol–water partition coefficient (Wildman–Crippen LogP) is 4.77. The Morgan fingerprint density at radius 3 is 2.50 bits per heavy atom. The van der Waals surface area contributed by atoms with Gasteiger partial charge in [-0.2, -0.15) is 0 Å². The third kappa shape index (κ3) is 1.75. The molecule has 0 bridgehead atoms. The van der Waals surface area contributed by atoms with Gasteiger partial charge in [0.05, 0.1) is 0 Å². The molecule has 0 saturated carbocycles. The highest BCUT2D eigenvalue weighted by molar-refractivity contribution is 6.31. The van der Waals surface area contributed by atoms with E-state index < -0.39 is 0 Å². The number of ketones is 1. The summed E-state index contributed by atoms with van der Waals surface area (Å²) in [6.45, 7) is 1.57. The molecule has 0 N–H and O–H groups in total. The molecule has 3 heteroatoms. The van der Waals surface area contributed by atoms with E-state index in [9.17, 15) is 4.79 Å². The third-order valence-corrected chi connectivity index (χ3v) is 3.73. The molecule has 1 aliphatic rings. The van der Waals surface area contributed by atoms with Crippen LogP contribution in [0.25, 0.3) is 11.1 Å². The van der Waals surface area contributed by atoms with Crippen LogP contribution in [0.3, 0.4) is 0 Å². The molecule has 0 radical (unpaired) electrons. The quantitative estimate of drug-likeness (QED) is 0.586. The minimum atomic E-state index is 0.0385. The largest absolute Gasteiger partial charge is 0.294 e. The summed E-state index contributed by atoms with van der Waals surface area (Å²) in [6.07, 6.45) is 0.784. The fraction of sp³-hybridized carbons (Fsp3) is 0.133. The molecule has 0 amide bonds. The molecule has 0 fully saturated rings. The smallest absolute Gasteiger partial charge is 0.160 e. The molecular formula is C15H10Cl2O. The lowest BCUT2D eigenvalue weighted by Crippen LogP contribution is -1.97. The van der Waals surface area contributed by atoms with Crippen molar-refractivity contribution in [1.29, 1.82) is 0 Å². The Morgan fingerprint density at radius 1 is 1.06 bits per heavy atom. The van der Waals surface area contributed by atoms with Crippen molar-refractivity contribution in [1.82, 2.24) is 0 Å². The van der Waals surface area contributed by atoms with Gasteiger partial charge < -0.3 is 0 Å². The van der Waals surface area contributed by atoms with Gasteiger partial charge in [0.15, 0.2) is 5.78 Å². The maximum Gasteiger partial charge on any atom is 0.160 e. The average Bonchev–Trinajstić information content (AvgIpc) is 2.64. The van der Waals surface area contributed by atoms with E-state index in [2.05, 4.69) is 0 Å². The number of Topliss-reactive ketones (excluding diaryl/α,β-unsaturated/α-hetero) is 1. The van der Waals surface area contributed by atoms with Gasteiger partial charge in [-0.15, -0.1) is 0 Å². The molecule has 90 valence electrons. The maximum atomic E-state index is 11.7. The van der Waals surface area contributed by atoms with Gasteiger partial charge in [0.2, 0.25) is 0 Å². The molecule has 1 nitrogen and oxygen atoms in total. The van der Waals surface area contributed by atoms with Crippen molar-refractivity contribution in [3.8, 4) is 11.1 Å². The van der Waals surface area contributed by atoms with E-state index in [0.717, 1.165) is 33.7 Å². The average molecular weight is 277 g/mol. The van der Waals surface area contributed by atoms with Crippen molar-refractivity contribution < 1.29 is 4.79 Å². The normalized spacial score (nSPS) is 12.2. The maximum absolute atomic E-state index is 11.7. The number of fused-ring (bicyclic) bond motifs is 3. The fourth-order valence-electron chi connectivity index (χ4n) is 2.56. The molecule has 18 heavy (non-hydrogen) atoms. The van der Waals surface area contributed by atoms with Gasteiger partial charge >= 0.3 is 0 Å². The molecule has 0 spiro atoms. The minimum Gasteiger partial charge on any atom is -0.294 e. The van der Waals surface area contributed by atoms with Crippen LogP contribution in [0.1, 0.15) is 28.4 Å². The van der Waals surface area contributed by atoms with Crippen molar-refractivity contribution in [3.05, 3.63) is 57.1 Å². The first-order valence-corrected chi connectivity index (χ1v) is 6.44. The van der Waals surface area contributed by atoms with Crippen LogP contribution in [0, 0.1) is 0 Å². The van der Waals surface area contributed by atoms with Gasteiger partial charge in [0, 0.05) is 15.6 Å². The zero-order valence-electron chi connectivity index (χ0n) is 9.76. The van der Waals surface area contributed by atoms with Crippen LogP contribution in [-0.2, 0) is 6.42 Å². The lowest BCUT2D eigenvalue weighted by Gasteiger charge is -2.07. The van der Waals surface area contributed by atoms with Gasteiger partial charge in [-0.3, -0.25) is 4.79 Å². The minimum absolute atomic E-state index is 0.0385. The van der Waals surface area contributed by atoms with E-state index >= 15 is 0 Å². The molecule has 2 aromatic rings. The molecular weight excluding hydrogens is 267 g/mol. The van der Waals surface area contributed by atoms with Crippen LogP contribution >= 0.6 is 23.2 Å². The number of carbonyl (C=O) groups excluding carboxylic acids is 1. The number of rotatable bonds is 1. The SMILES string of the molecule is CC(=O)c1cc(Cl)cc2c1-c1ccc(Cl)cc1C2. The number of carbonyl (C=O) groups is 1. The van der Waals surface area contributed by atoms with E-state index in [4.69, 9.17) is 23.2 Å². The fourth-order valence-corrected chi connectivity index (χ4v) is 2.99. The predicted molar refractivity (Wildman–Crippen MR) is 74.7 cm³/mol. The van der Waals surface area contributed by atoms with Crippen LogP contribution in [0.15, 0.2) is 30.3 Å². The van der Waals surface area contributed by atoms with Gasteiger partial charge in [0.1, 0.15) is 0 Å². The second-order valence-corrected chi connectivity index (χ2v) is 5.39. The lowest BCUT2D eigenvalue weighted by molar-refractivity contribution is 0.101. The van der Waals surface area contributed by atoms with E-state index in [1.165, 1.54) is 0 Å². The zero-order chi connectivity index (χ0) is 12.9. The summed E-state index contributed by atoms with van der Waals surface area (Å²) in [4.78, 5) is 11.7. The van der Waals surface area contributed by atoms with Gasteiger partial charge in [-0.1, -0.05) is 29.3 Å². The summed E-state index contributed by atoms with van der Waals surface area (Å²) < 4.78 is 0. The van der Waals surface area contributed by atoms with Crippen molar-refractivity contribution in [3.63, 3.8) is 0 Å². The first kappa shape index (κ1) is 11.8. The van der Waals surface area contributed by atoms with Crippen LogP contribution in [0.2, 0.25) is 10.0 Å². The topological polar surface area (TPSA) is 17.1 Å². The van der Waals surface area contributed by atoms with Gasteiger partial charge in [-0.05, 0) is 59.9 Å². The van der Waals surface area contributed by atoms with Gasteiger partial charge in [0.25, 0.3) is 0 Å². The summed E-state index contributed by atoms with van der Waals surface area (Å²) >= 11 is 12.1.